The van der Waals surface area contributed by atoms with Gasteiger partial charge in [-0.05, 0) is 29.8 Å². The number of hydrogen-bond donors (Lipinski definition) is 1. The minimum absolute atomic E-state index is 0.00812. The Bertz CT molecular complexity index is 927. The molecule has 0 atom stereocenters. The third-order valence-corrected chi connectivity index (χ3v) is 4.23. The third kappa shape index (κ3) is 3.22. The summed E-state index contributed by atoms with van der Waals surface area (Å²) in [5.74, 6) is -0.191. The molecule has 0 fully saturated rings. The van der Waals surface area contributed by atoms with Crippen LogP contribution in [0.4, 0.5) is 0 Å². The van der Waals surface area contributed by atoms with Gasteiger partial charge in [-0.3, -0.25) is 13.9 Å². The molecule has 0 spiro atoms. The van der Waals surface area contributed by atoms with Gasteiger partial charge in [0.15, 0.2) is 0 Å². The molecule has 0 unspecified atom stereocenters. The molecule has 0 saturated carbocycles. The first-order chi connectivity index (χ1) is 11.1. The number of imidazole rings is 1. The van der Waals surface area contributed by atoms with Crippen molar-refractivity contribution < 1.29 is 4.79 Å². The Morgan fingerprint density at radius 2 is 1.87 bits per heavy atom. The van der Waals surface area contributed by atoms with Crippen LogP contribution < -0.4 is 11.0 Å². The van der Waals surface area contributed by atoms with Crippen LogP contribution in [0.3, 0.4) is 0 Å². The molecule has 0 radical (unpaired) electrons. The normalized spacial score (nSPS) is 10.9. The number of benzene rings is 2. The van der Waals surface area contributed by atoms with Gasteiger partial charge in [0.05, 0.1) is 11.0 Å². The average Bonchev–Trinajstić information content (AvgIpc) is 2.79. The van der Waals surface area contributed by atoms with Gasteiger partial charge in [-0.1, -0.05) is 40.2 Å². The van der Waals surface area contributed by atoms with Crippen LogP contribution in [0.5, 0.6) is 0 Å². The van der Waals surface area contributed by atoms with Gasteiger partial charge in [0.2, 0.25) is 5.91 Å². The van der Waals surface area contributed by atoms with Crippen molar-refractivity contribution in [1.82, 2.24) is 14.5 Å². The molecule has 5 nitrogen and oxygen atoms in total. The van der Waals surface area contributed by atoms with Crippen LogP contribution in [0.2, 0.25) is 0 Å². The van der Waals surface area contributed by atoms with Crippen molar-refractivity contribution in [3.63, 3.8) is 0 Å². The topological polar surface area (TPSA) is 56.0 Å². The summed E-state index contributed by atoms with van der Waals surface area (Å²) in [5, 5.41) is 2.85. The van der Waals surface area contributed by atoms with Crippen LogP contribution in [-0.2, 0) is 24.9 Å². The predicted octanol–water partition coefficient (Wildman–Crippen LogP) is 2.42. The lowest BCUT2D eigenvalue weighted by atomic mass is 10.2. The zero-order chi connectivity index (χ0) is 16.4. The number of fused-ring (bicyclic) bond motifs is 1. The van der Waals surface area contributed by atoms with Crippen LogP contribution in [0.1, 0.15) is 5.56 Å². The highest BCUT2D eigenvalue weighted by Crippen LogP contribution is 2.12. The van der Waals surface area contributed by atoms with Crippen molar-refractivity contribution >= 4 is 32.9 Å². The fourth-order valence-corrected chi connectivity index (χ4v) is 3.01. The largest absolute Gasteiger partial charge is 0.350 e. The predicted molar refractivity (Wildman–Crippen MR) is 93.2 cm³/mol. The monoisotopic (exact) mass is 373 g/mol. The van der Waals surface area contributed by atoms with Gasteiger partial charge >= 0.3 is 5.69 Å². The van der Waals surface area contributed by atoms with Crippen molar-refractivity contribution in [2.24, 2.45) is 7.05 Å². The van der Waals surface area contributed by atoms with Gasteiger partial charge in [0.25, 0.3) is 0 Å². The lowest BCUT2D eigenvalue weighted by Crippen LogP contribution is -2.32. The van der Waals surface area contributed by atoms with Crippen molar-refractivity contribution in [3.05, 3.63) is 69.1 Å². The summed E-state index contributed by atoms with van der Waals surface area (Å²) in [6.45, 7) is 0.436. The number of para-hydroxylation sites is 2. The molecule has 0 saturated heterocycles. The highest BCUT2D eigenvalue weighted by molar-refractivity contribution is 9.10. The fraction of sp³-hybridized carbons (Fsp3) is 0.176. The summed E-state index contributed by atoms with van der Waals surface area (Å²) in [4.78, 5) is 24.5. The molecule has 1 amide bonds. The zero-order valence-electron chi connectivity index (χ0n) is 12.6. The molecule has 2 aromatic carbocycles. The van der Waals surface area contributed by atoms with Gasteiger partial charge in [-0.2, -0.15) is 0 Å². The minimum Gasteiger partial charge on any atom is -0.350 e. The molecule has 0 aliphatic heterocycles. The van der Waals surface area contributed by atoms with Gasteiger partial charge < -0.3 is 5.32 Å². The van der Waals surface area contributed by atoms with E-state index in [-0.39, 0.29) is 18.1 Å². The molecule has 0 bridgehead atoms. The highest BCUT2D eigenvalue weighted by Gasteiger charge is 2.12. The molecule has 6 heteroatoms. The Balaban J connectivity index is 1.76. The van der Waals surface area contributed by atoms with Gasteiger partial charge in [0, 0.05) is 18.1 Å². The van der Waals surface area contributed by atoms with Crippen LogP contribution in [-0.4, -0.2) is 15.0 Å². The summed E-state index contributed by atoms with van der Waals surface area (Å²) >= 11 is 3.40. The molecule has 0 aliphatic rings. The summed E-state index contributed by atoms with van der Waals surface area (Å²) in [5.41, 5.74) is 2.39. The second-order valence-electron chi connectivity index (χ2n) is 5.32. The molecular formula is C17H16BrN3O2. The van der Waals surface area contributed by atoms with Gasteiger partial charge in [-0.25, -0.2) is 4.79 Å². The molecule has 1 heterocycles. The second kappa shape index (κ2) is 6.42. The van der Waals surface area contributed by atoms with Crippen LogP contribution in [0, 0.1) is 0 Å². The molecular weight excluding hydrogens is 358 g/mol. The van der Waals surface area contributed by atoms with E-state index >= 15 is 0 Å². The van der Waals surface area contributed by atoms with E-state index in [1.807, 2.05) is 48.5 Å². The van der Waals surface area contributed by atoms with E-state index < -0.39 is 0 Å². The summed E-state index contributed by atoms with van der Waals surface area (Å²) in [6.07, 6.45) is 0. The maximum Gasteiger partial charge on any atom is 0.329 e. The van der Waals surface area contributed by atoms with E-state index in [1.165, 1.54) is 4.57 Å². The highest BCUT2D eigenvalue weighted by atomic mass is 79.9. The third-order valence-electron chi connectivity index (χ3n) is 3.73. The maximum absolute atomic E-state index is 12.3. The minimum atomic E-state index is -0.191. The SMILES string of the molecule is Cn1c(=O)n(CC(=O)NCc2cccc(Br)c2)c2ccccc21. The molecule has 3 rings (SSSR count). The number of nitrogens with one attached hydrogen (secondary N) is 1. The smallest absolute Gasteiger partial charge is 0.329 e. The first-order valence-corrected chi connectivity index (χ1v) is 8.01. The standard InChI is InChI=1S/C17H16BrN3O2/c1-20-14-7-2-3-8-15(14)21(17(20)23)11-16(22)19-10-12-5-4-6-13(18)9-12/h2-9H,10-11H2,1H3,(H,19,22). The number of carbonyl (C=O) groups is 1. The van der Waals surface area contributed by atoms with E-state index in [4.69, 9.17) is 0 Å². The van der Waals surface area contributed by atoms with Crippen LogP contribution in [0.15, 0.2) is 57.8 Å². The number of aryl methyl sites for hydroxylation is 1. The van der Waals surface area contributed by atoms with Crippen molar-refractivity contribution in [3.8, 4) is 0 Å². The lowest BCUT2D eigenvalue weighted by molar-refractivity contribution is -0.121. The number of amides is 1. The Labute approximate surface area is 141 Å². The van der Waals surface area contributed by atoms with Crippen molar-refractivity contribution in [2.75, 3.05) is 0 Å². The van der Waals surface area contributed by atoms with E-state index in [2.05, 4.69) is 21.2 Å². The molecule has 118 valence electrons. The number of hydrogen-bond acceptors (Lipinski definition) is 2. The van der Waals surface area contributed by atoms with Crippen molar-refractivity contribution in [2.45, 2.75) is 13.1 Å². The average molecular weight is 374 g/mol. The number of carbonyl (C=O) groups excluding carboxylic acids is 1. The number of aromatic nitrogens is 2. The molecule has 3 aromatic rings. The number of rotatable bonds is 4. The molecule has 1 N–H and O–H groups in total. The van der Waals surface area contributed by atoms with Crippen LogP contribution >= 0.6 is 15.9 Å². The fourth-order valence-electron chi connectivity index (χ4n) is 2.56. The van der Waals surface area contributed by atoms with E-state index in [0.29, 0.717) is 6.54 Å². The van der Waals surface area contributed by atoms with Gasteiger partial charge in [0.1, 0.15) is 6.54 Å². The molecule has 1 aromatic heterocycles. The Morgan fingerprint density at radius 3 is 2.61 bits per heavy atom. The number of halogens is 1. The van der Waals surface area contributed by atoms with Crippen LogP contribution in [0.25, 0.3) is 11.0 Å². The zero-order valence-corrected chi connectivity index (χ0v) is 14.2. The molecule has 23 heavy (non-hydrogen) atoms. The Hall–Kier alpha value is -2.34. The molecule has 0 aliphatic carbocycles. The lowest BCUT2D eigenvalue weighted by Gasteiger charge is -2.07. The van der Waals surface area contributed by atoms with E-state index in [9.17, 15) is 9.59 Å². The number of nitrogens with zero attached hydrogens (tertiary/aromatic N) is 2. The summed E-state index contributed by atoms with van der Waals surface area (Å²) in [7, 11) is 1.71. The van der Waals surface area contributed by atoms with Gasteiger partial charge in [-0.15, -0.1) is 0 Å². The van der Waals surface area contributed by atoms with E-state index in [0.717, 1.165) is 21.1 Å². The summed E-state index contributed by atoms with van der Waals surface area (Å²) < 4.78 is 4.01. The second-order valence-corrected chi connectivity index (χ2v) is 6.24. The quantitative estimate of drug-likeness (QED) is 0.763. The Kier molecular flexibility index (Phi) is 4.34. The van der Waals surface area contributed by atoms with E-state index in [1.54, 1.807) is 11.6 Å². The summed E-state index contributed by atoms with van der Waals surface area (Å²) in [6, 6.07) is 15.2. The maximum atomic E-state index is 12.3. The Morgan fingerprint density at radius 1 is 1.13 bits per heavy atom. The van der Waals surface area contributed by atoms with Crippen molar-refractivity contribution in [1.29, 1.82) is 0 Å². The first kappa shape index (κ1) is 15.6. The first-order valence-electron chi connectivity index (χ1n) is 7.21.